The van der Waals surface area contributed by atoms with E-state index in [1.165, 1.54) is 16.8 Å². The van der Waals surface area contributed by atoms with Crippen LogP contribution in [-0.2, 0) is 6.54 Å². The smallest absolute Gasteiger partial charge is 0.163 e. The van der Waals surface area contributed by atoms with Crippen molar-refractivity contribution in [3.05, 3.63) is 108 Å². The Morgan fingerprint density at radius 1 is 0.667 bits per heavy atom. The Morgan fingerprint density at radius 2 is 1.24 bits per heavy atom. The van der Waals surface area contributed by atoms with Gasteiger partial charge in [-0.05, 0) is 40.1 Å². The summed E-state index contributed by atoms with van der Waals surface area (Å²) in [5.74, 6) is 0.929. The van der Waals surface area contributed by atoms with E-state index in [9.17, 15) is 0 Å². The molecule has 1 aliphatic heterocycles. The Bertz CT molecular complexity index is 1070. The maximum absolute atomic E-state index is 4.46. The van der Waals surface area contributed by atoms with Crippen molar-refractivity contribution in [3.63, 3.8) is 0 Å². The molecule has 4 aromatic rings. The second-order valence-corrected chi connectivity index (χ2v) is 8.53. The lowest BCUT2D eigenvalue weighted by Gasteiger charge is -2.36. The van der Waals surface area contributed by atoms with Gasteiger partial charge in [0.2, 0.25) is 0 Å². The van der Waals surface area contributed by atoms with Crippen molar-refractivity contribution in [1.29, 1.82) is 0 Å². The number of aromatic nitrogens is 4. The lowest BCUT2D eigenvalue weighted by Crippen LogP contribution is -2.46. The predicted molar refractivity (Wildman–Crippen MR) is 131 cm³/mol. The Kier molecular flexibility index (Phi) is 6.73. The lowest BCUT2D eigenvalue weighted by molar-refractivity contribution is 0.248. The SMILES string of the molecule is c1ccc(C(c2ccccc2)c2nnnn2CCCN2CCN(c3ccccc3)CC2)cc1. The number of hydrogen-bond donors (Lipinski definition) is 0. The van der Waals surface area contributed by atoms with Crippen molar-refractivity contribution in [2.75, 3.05) is 37.6 Å². The van der Waals surface area contributed by atoms with Crippen molar-refractivity contribution < 1.29 is 0 Å². The number of tetrazole rings is 1. The van der Waals surface area contributed by atoms with Gasteiger partial charge in [-0.15, -0.1) is 5.10 Å². The van der Waals surface area contributed by atoms with E-state index in [2.05, 4.69) is 104 Å². The monoisotopic (exact) mass is 438 g/mol. The molecule has 0 aliphatic carbocycles. The molecule has 3 aromatic carbocycles. The molecule has 0 N–H and O–H groups in total. The fourth-order valence-corrected chi connectivity index (χ4v) is 4.67. The highest BCUT2D eigenvalue weighted by Crippen LogP contribution is 2.30. The predicted octanol–water partition coefficient (Wildman–Crippen LogP) is 4.07. The second-order valence-electron chi connectivity index (χ2n) is 8.53. The minimum Gasteiger partial charge on any atom is -0.369 e. The third kappa shape index (κ3) is 5.12. The number of para-hydroxylation sites is 1. The fourth-order valence-electron chi connectivity index (χ4n) is 4.67. The highest BCUT2D eigenvalue weighted by Gasteiger charge is 2.23. The summed E-state index contributed by atoms with van der Waals surface area (Å²) in [4.78, 5) is 5.02. The molecule has 1 fully saturated rings. The Labute approximate surface area is 195 Å². The molecule has 1 saturated heterocycles. The summed E-state index contributed by atoms with van der Waals surface area (Å²) in [7, 11) is 0. The van der Waals surface area contributed by atoms with Gasteiger partial charge in [0.25, 0.3) is 0 Å². The molecule has 0 atom stereocenters. The quantitative estimate of drug-likeness (QED) is 0.415. The Hall–Kier alpha value is -3.51. The van der Waals surface area contributed by atoms with Gasteiger partial charge in [0, 0.05) is 45.0 Å². The highest BCUT2D eigenvalue weighted by molar-refractivity contribution is 5.46. The zero-order chi connectivity index (χ0) is 22.3. The summed E-state index contributed by atoms with van der Waals surface area (Å²) in [5.41, 5.74) is 3.73. The number of hydrogen-bond acceptors (Lipinski definition) is 5. The van der Waals surface area contributed by atoms with Crippen LogP contribution in [0.4, 0.5) is 5.69 Å². The number of aryl methyl sites for hydroxylation is 1. The summed E-state index contributed by atoms with van der Waals surface area (Å²) in [6, 6.07) is 31.7. The van der Waals surface area contributed by atoms with Crippen molar-refractivity contribution in [2.24, 2.45) is 0 Å². The van der Waals surface area contributed by atoms with Crippen LogP contribution in [0.15, 0.2) is 91.0 Å². The van der Waals surface area contributed by atoms with Crippen LogP contribution in [-0.4, -0.2) is 57.8 Å². The van der Waals surface area contributed by atoms with Gasteiger partial charge >= 0.3 is 0 Å². The van der Waals surface area contributed by atoms with Crippen LogP contribution in [0.25, 0.3) is 0 Å². The number of piperazine rings is 1. The zero-order valence-electron chi connectivity index (χ0n) is 18.9. The zero-order valence-corrected chi connectivity index (χ0v) is 18.9. The average molecular weight is 439 g/mol. The molecule has 6 nitrogen and oxygen atoms in total. The molecule has 1 aliphatic rings. The normalized spacial score (nSPS) is 14.6. The molecule has 0 radical (unpaired) electrons. The third-order valence-electron chi connectivity index (χ3n) is 6.42. The summed E-state index contributed by atoms with van der Waals surface area (Å²) in [6.07, 6.45) is 1.03. The highest BCUT2D eigenvalue weighted by atomic mass is 15.5. The first-order chi connectivity index (χ1) is 16.4. The summed E-state index contributed by atoms with van der Waals surface area (Å²) in [6.45, 7) is 6.21. The summed E-state index contributed by atoms with van der Waals surface area (Å²) in [5, 5.41) is 12.9. The van der Waals surface area contributed by atoms with E-state index in [4.69, 9.17) is 0 Å². The van der Waals surface area contributed by atoms with Crippen molar-refractivity contribution in [2.45, 2.75) is 18.9 Å². The lowest BCUT2D eigenvalue weighted by atomic mass is 9.90. The third-order valence-corrected chi connectivity index (χ3v) is 6.42. The van der Waals surface area contributed by atoms with Gasteiger partial charge in [-0.1, -0.05) is 78.9 Å². The van der Waals surface area contributed by atoms with Crippen LogP contribution in [0.1, 0.15) is 29.3 Å². The van der Waals surface area contributed by atoms with Crippen molar-refractivity contribution in [3.8, 4) is 0 Å². The molecule has 1 aromatic heterocycles. The fraction of sp³-hybridized carbons (Fsp3) is 0.296. The van der Waals surface area contributed by atoms with Crippen LogP contribution in [0.3, 0.4) is 0 Å². The second kappa shape index (κ2) is 10.4. The van der Waals surface area contributed by atoms with E-state index < -0.39 is 0 Å². The first-order valence-electron chi connectivity index (χ1n) is 11.8. The molecule has 5 rings (SSSR count). The van der Waals surface area contributed by atoms with Crippen LogP contribution < -0.4 is 4.90 Å². The van der Waals surface area contributed by atoms with Crippen LogP contribution in [0.5, 0.6) is 0 Å². The van der Waals surface area contributed by atoms with E-state index in [1.54, 1.807) is 0 Å². The minimum atomic E-state index is 0.0248. The van der Waals surface area contributed by atoms with Gasteiger partial charge in [0.05, 0.1) is 5.92 Å². The standard InChI is InChI=1S/C27H30N6/c1-4-11-23(12-5-1)26(24-13-6-2-7-14-24)27-28-29-30-33(27)18-10-17-31-19-21-32(22-20-31)25-15-8-3-9-16-25/h1-9,11-16,26H,10,17-22H2. The van der Waals surface area contributed by atoms with Gasteiger partial charge in [-0.3, -0.25) is 4.90 Å². The molecular weight excluding hydrogens is 408 g/mol. The van der Waals surface area contributed by atoms with Gasteiger partial charge in [-0.2, -0.15) is 0 Å². The molecule has 2 heterocycles. The molecule has 0 saturated carbocycles. The average Bonchev–Trinajstić information content (AvgIpc) is 3.34. The summed E-state index contributed by atoms with van der Waals surface area (Å²) < 4.78 is 1.99. The molecule has 0 amide bonds. The van der Waals surface area contributed by atoms with E-state index in [0.29, 0.717) is 0 Å². The largest absolute Gasteiger partial charge is 0.369 e. The van der Waals surface area contributed by atoms with Gasteiger partial charge in [-0.25, -0.2) is 4.68 Å². The van der Waals surface area contributed by atoms with Gasteiger partial charge in [0.1, 0.15) is 0 Å². The van der Waals surface area contributed by atoms with Crippen molar-refractivity contribution in [1.82, 2.24) is 25.1 Å². The first kappa shape index (κ1) is 21.3. The van der Waals surface area contributed by atoms with Crippen LogP contribution in [0.2, 0.25) is 0 Å². The van der Waals surface area contributed by atoms with E-state index >= 15 is 0 Å². The van der Waals surface area contributed by atoms with Crippen LogP contribution in [0, 0.1) is 0 Å². The Balaban J connectivity index is 1.22. The first-order valence-corrected chi connectivity index (χ1v) is 11.8. The molecule has 6 heteroatoms. The molecule has 33 heavy (non-hydrogen) atoms. The van der Waals surface area contributed by atoms with Gasteiger partial charge in [0.15, 0.2) is 5.82 Å². The number of anilines is 1. The maximum Gasteiger partial charge on any atom is 0.163 e. The number of rotatable bonds is 8. The summed E-state index contributed by atoms with van der Waals surface area (Å²) >= 11 is 0. The molecule has 0 bridgehead atoms. The number of benzene rings is 3. The molecule has 0 unspecified atom stereocenters. The van der Waals surface area contributed by atoms with Crippen molar-refractivity contribution >= 4 is 5.69 Å². The number of nitrogens with zero attached hydrogens (tertiary/aromatic N) is 6. The topological polar surface area (TPSA) is 50.1 Å². The van der Waals surface area contributed by atoms with E-state index in [-0.39, 0.29) is 5.92 Å². The van der Waals surface area contributed by atoms with Crippen LogP contribution >= 0.6 is 0 Å². The molecule has 0 spiro atoms. The van der Waals surface area contributed by atoms with E-state index in [0.717, 1.165) is 51.5 Å². The minimum absolute atomic E-state index is 0.0248. The Morgan fingerprint density at radius 3 is 1.85 bits per heavy atom. The maximum atomic E-state index is 4.46. The molecular formula is C27H30N6. The van der Waals surface area contributed by atoms with E-state index in [1.807, 2.05) is 16.8 Å². The molecule has 168 valence electrons. The van der Waals surface area contributed by atoms with Gasteiger partial charge < -0.3 is 4.90 Å².